The van der Waals surface area contributed by atoms with Crippen LogP contribution in [0.4, 0.5) is 13.2 Å². The van der Waals surface area contributed by atoms with Crippen molar-refractivity contribution in [2.24, 2.45) is 5.92 Å². The molecule has 1 N–H and O–H groups in total. The summed E-state index contributed by atoms with van der Waals surface area (Å²) in [6.45, 7) is 5.53. The summed E-state index contributed by atoms with van der Waals surface area (Å²) in [7, 11) is 0. The molecule has 2 unspecified atom stereocenters. The molecule has 2 fully saturated rings. The van der Waals surface area contributed by atoms with Gasteiger partial charge in [-0.15, -0.1) is 0 Å². The lowest BCUT2D eigenvalue weighted by molar-refractivity contribution is -0.223. The standard InChI is InChI=1S/C14H23F3N2O2/c1-9(2)19-8-5-11(13(19)21)18-6-3-10(4-7-18)12(20)14(15,16)17/h9-12,20H,3-8H2,1-2H3. The third kappa shape index (κ3) is 3.51. The molecule has 0 spiro atoms. The van der Waals surface area contributed by atoms with Crippen LogP contribution in [0.2, 0.25) is 0 Å². The second-order valence-corrected chi connectivity index (χ2v) is 6.29. The largest absolute Gasteiger partial charge is 0.414 e. The topological polar surface area (TPSA) is 43.8 Å². The van der Waals surface area contributed by atoms with Crippen molar-refractivity contribution < 1.29 is 23.1 Å². The molecular formula is C14H23F3N2O2. The monoisotopic (exact) mass is 308 g/mol. The first-order chi connectivity index (χ1) is 9.71. The number of carbonyl (C=O) groups excluding carboxylic acids is 1. The lowest BCUT2D eigenvalue weighted by Gasteiger charge is -2.37. The fraction of sp³-hybridized carbons (Fsp3) is 0.929. The molecule has 122 valence electrons. The molecule has 2 atom stereocenters. The van der Waals surface area contributed by atoms with Crippen LogP contribution in [-0.2, 0) is 4.79 Å². The molecule has 0 aromatic rings. The highest BCUT2D eigenvalue weighted by Crippen LogP contribution is 2.33. The molecule has 2 rings (SSSR count). The molecule has 0 aromatic carbocycles. The van der Waals surface area contributed by atoms with E-state index in [2.05, 4.69) is 0 Å². The van der Waals surface area contributed by atoms with E-state index in [-0.39, 0.29) is 30.8 Å². The van der Waals surface area contributed by atoms with Gasteiger partial charge in [0.2, 0.25) is 5.91 Å². The van der Waals surface area contributed by atoms with Crippen molar-refractivity contribution in [1.29, 1.82) is 0 Å². The number of aliphatic hydroxyl groups is 1. The molecule has 4 nitrogen and oxygen atoms in total. The van der Waals surface area contributed by atoms with Crippen molar-refractivity contribution in [2.45, 2.75) is 57.5 Å². The molecule has 2 aliphatic rings. The Balaban J connectivity index is 1.89. The SMILES string of the molecule is CC(C)N1CCC(N2CCC(C(O)C(F)(F)F)CC2)C1=O. The number of hydrogen-bond acceptors (Lipinski definition) is 3. The van der Waals surface area contributed by atoms with Gasteiger partial charge < -0.3 is 10.0 Å². The maximum absolute atomic E-state index is 12.5. The predicted molar refractivity (Wildman–Crippen MR) is 71.6 cm³/mol. The van der Waals surface area contributed by atoms with E-state index in [1.54, 1.807) is 0 Å². The minimum atomic E-state index is -4.55. The lowest BCUT2D eigenvalue weighted by atomic mass is 9.90. The fourth-order valence-corrected chi connectivity index (χ4v) is 3.35. The van der Waals surface area contributed by atoms with Crippen LogP contribution in [0.1, 0.15) is 33.1 Å². The number of hydrogen-bond donors (Lipinski definition) is 1. The second kappa shape index (κ2) is 6.12. The van der Waals surface area contributed by atoms with E-state index < -0.39 is 18.2 Å². The van der Waals surface area contributed by atoms with Crippen LogP contribution >= 0.6 is 0 Å². The number of carbonyl (C=O) groups is 1. The zero-order chi connectivity index (χ0) is 15.8. The molecule has 21 heavy (non-hydrogen) atoms. The molecule has 0 bridgehead atoms. The van der Waals surface area contributed by atoms with Gasteiger partial charge in [0.1, 0.15) is 0 Å². The maximum atomic E-state index is 12.5. The third-order valence-electron chi connectivity index (χ3n) is 4.63. The number of alkyl halides is 3. The molecule has 0 aromatic heterocycles. The summed E-state index contributed by atoms with van der Waals surface area (Å²) in [6.07, 6.45) is -5.49. The van der Waals surface area contributed by atoms with Gasteiger partial charge in [-0.3, -0.25) is 9.69 Å². The highest BCUT2D eigenvalue weighted by atomic mass is 19.4. The Bertz CT molecular complexity index is 379. The van der Waals surface area contributed by atoms with Gasteiger partial charge in [-0.25, -0.2) is 0 Å². The van der Waals surface area contributed by atoms with E-state index in [4.69, 9.17) is 0 Å². The van der Waals surface area contributed by atoms with Crippen LogP contribution in [0.25, 0.3) is 0 Å². The van der Waals surface area contributed by atoms with E-state index in [0.29, 0.717) is 19.6 Å². The van der Waals surface area contributed by atoms with Crippen molar-refractivity contribution >= 4 is 5.91 Å². The highest BCUT2D eigenvalue weighted by molar-refractivity contribution is 5.84. The van der Waals surface area contributed by atoms with Gasteiger partial charge in [0.25, 0.3) is 0 Å². The maximum Gasteiger partial charge on any atom is 0.414 e. The number of aliphatic hydroxyl groups excluding tert-OH is 1. The zero-order valence-corrected chi connectivity index (χ0v) is 12.4. The summed E-state index contributed by atoms with van der Waals surface area (Å²) in [5, 5.41) is 9.31. The first-order valence-corrected chi connectivity index (χ1v) is 7.51. The Labute approximate surface area is 122 Å². The lowest BCUT2D eigenvalue weighted by Crippen LogP contribution is -2.49. The first-order valence-electron chi connectivity index (χ1n) is 7.51. The molecule has 0 saturated carbocycles. The van der Waals surface area contributed by atoms with Crippen LogP contribution in [0.15, 0.2) is 0 Å². The molecule has 0 aliphatic carbocycles. The van der Waals surface area contributed by atoms with Crippen LogP contribution in [-0.4, -0.2) is 64.8 Å². The molecule has 2 aliphatic heterocycles. The summed E-state index contributed by atoms with van der Waals surface area (Å²) >= 11 is 0. The van der Waals surface area contributed by atoms with E-state index in [9.17, 15) is 23.1 Å². The van der Waals surface area contributed by atoms with E-state index in [0.717, 1.165) is 6.42 Å². The summed E-state index contributed by atoms with van der Waals surface area (Å²) in [5.41, 5.74) is 0. The van der Waals surface area contributed by atoms with Crippen molar-refractivity contribution in [3.05, 3.63) is 0 Å². The minimum absolute atomic E-state index is 0.0832. The first kappa shape index (κ1) is 16.5. The van der Waals surface area contributed by atoms with Crippen LogP contribution in [0, 0.1) is 5.92 Å². The summed E-state index contributed by atoms with van der Waals surface area (Å²) in [4.78, 5) is 16.1. The number of rotatable bonds is 3. The van der Waals surface area contributed by atoms with Crippen LogP contribution in [0.3, 0.4) is 0 Å². The number of nitrogens with zero attached hydrogens (tertiary/aromatic N) is 2. The van der Waals surface area contributed by atoms with E-state index in [1.165, 1.54) is 0 Å². The summed E-state index contributed by atoms with van der Waals surface area (Å²) in [6, 6.07) is -0.0385. The number of halogens is 3. The normalized spacial score (nSPS) is 27.7. The number of amides is 1. The van der Waals surface area contributed by atoms with Gasteiger partial charge in [-0.2, -0.15) is 13.2 Å². The number of likely N-dealkylation sites (tertiary alicyclic amines) is 2. The van der Waals surface area contributed by atoms with Crippen molar-refractivity contribution in [3.63, 3.8) is 0 Å². The Kier molecular flexibility index (Phi) is 4.82. The van der Waals surface area contributed by atoms with Gasteiger partial charge in [-0.1, -0.05) is 0 Å². The van der Waals surface area contributed by atoms with Crippen molar-refractivity contribution in [3.8, 4) is 0 Å². The van der Waals surface area contributed by atoms with E-state index >= 15 is 0 Å². The third-order valence-corrected chi connectivity index (χ3v) is 4.63. The van der Waals surface area contributed by atoms with Gasteiger partial charge in [0.05, 0.1) is 6.04 Å². The average molecular weight is 308 g/mol. The quantitative estimate of drug-likeness (QED) is 0.862. The zero-order valence-electron chi connectivity index (χ0n) is 12.4. The molecule has 1 amide bonds. The smallest absolute Gasteiger partial charge is 0.383 e. The molecule has 2 heterocycles. The molecular weight excluding hydrogens is 285 g/mol. The fourth-order valence-electron chi connectivity index (χ4n) is 3.35. The average Bonchev–Trinajstić information content (AvgIpc) is 2.79. The summed E-state index contributed by atoms with van der Waals surface area (Å²) in [5.74, 6) is -0.668. The molecule has 0 radical (unpaired) electrons. The molecule has 2 saturated heterocycles. The summed E-state index contributed by atoms with van der Waals surface area (Å²) < 4.78 is 37.5. The van der Waals surface area contributed by atoms with E-state index in [1.807, 2.05) is 23.6 Å². The Morgan fingerprint density at radius 3 is 2.14 bits per heavy atom. The van der Waals surface area contributed by atoms with Crippen molar-refractivity contribution in [2.75, 3.05) is 19.6 Å². The van der Waals surface area contributed by atoms with Crippen LogP contribution in [0.5, 0.6) is 0 Å². The van der Waals surface area contributed by atoms with Crippen LogP contribution < -0.4 is 0 Å². The highest BCUT2D eigenvalue weighted by Gasteiger charge is 2.45. The van der Waals surface area contributed by atoms with Gasteiger partial charge >= 0.3 is 6.18 Å². The Morgan fingerprint density at radius 2 is 1.71 bits per heavy atom. The van der Waals surface area contributed by atoms with Gasteiger partial charge in [0, 0.05) is 12.6 Å². The second-order valence-electron chi connectivity index (χ2n) is 6.29. The number of piperidine rings is 1. The van der Waals surface area contributed by atoms with Crippen molar-refractivity contribution in [1.82, 2.24) is 9.80 Å². The molecule has 7 heteroatoms. The predicted octanol–water partition coefficient (Wildman–Crippen LogP) is 1.63. The Hall–Kier alpha value is -0.820. The minimum Gasteiger partial charge on any atom is -0.383 e. The van der Waals surface area contributed by atoms with Gasteiger partial charge in [0.15, 0.2) is 6.10 Å². The Morgan fingerprint density at radius 1 is 1.14 bits per heavy atom. The van der Waals surface area contributed by atoms with Gasteiger partial charge in [-0.05, 0) is 52.1 Å².